The van der Waals surface area contributed by atoms with Crippen molar-refractivity contribution in [2.75, 3.05) is 26.2 Å². The number of hydrogen-bond acceptors (Lipinski definition) is 3. The number of nitrogens with zero attached hydrogens (tertiary/aromatic N) is 2. The Morgan fingerprint density at radius 3 is 2.74 bits per heavy atom. The highest BCUT2D eigenvalue weighted by molar-refractivity contribution is 5.33. The maximum absolute atomic E-state index is 8.68. The van der Waals surface area contributed by atoms with Gasteiger partial charge in [0.05, 0.1) is 19.2 Å². The largest absolute Gasteiger partial charge is 0.493 e. The third-order valence-corrected chi connectivity index (χ3v) is 3.83. The fraction of sp³-hybridized carbons (Fsp3) is 0.562. The SMILES string of the molecule is CCc1ccccc1OCC1CCN(CC#N)CC1. The third-order valence-electron chi connectivity index (χ3n) is 3.83. The number of rotatable bonds is 5. The number of nitriles is 1. The minimum Gasteiger partial charge on any atom is -0.493 e. The van der Waals surface area contributed by atoms with Crippen LogP contribution in [-0.2, 0) is 6.42 Å². The van der Waals surface area contributed by atoms with Gasteiger partial charge in [-0.25, -0.2) is 0 Å². The molecule has 0 aliphatic carbocycles. The van der Waals surface area contributed by atoms with Crippen molar-refractivity contribution in [3.05, 3.63) is 29.8 Å². The molecule has 0 radical (unpaired) electrons. The molecular formula is C16H22N2O. The summed E-state index contributed by atoms with van der Waals surface area (Å²) < 4.78 is 5.98. The van der Waals surface area contributed by atoms with E-state index in [4.69, 9.17) is 10.00 Å². The first-order valence-electron chi connectivity index (χ1n) is 7.13. The van der Waals surface area contributed by atoms with Crippen LogP contribution in [0.25, 0.3) is 0 Å². The van der Waals surface area contributed by atoms with Crippen molar-refractivity contribution in [1.82, 2.24) is 4.90 Å². The Hall–Kier alpha value is -1.53. The topological polar surface area (TPSA) is 36.3 Å². The maximum Gasteiger partial charge on any atom is 0.122 e. The van der Waals surface area contributed by atoms with E-state index in [-0.39, 0.29) is 0 Å². The van der Waals surface area contributed by atoms with E-state index in [2.05, 4.69) is 36.1 Å². The molecule has 1 aliphatic rings. The van der Waals surface area contributed by atoms with E-state index >= 15 is 0 Å². The van der Waals surface area contributed by atoms with Crippen molar-refractivity contribution < 1.29 is 4.74 Å². The van der Waals surface area contributed by atoms with Crippen LogP contribution in [0.5, 0.6) is 5.75 Å². The number of para-hydroxylation sites is 1. The number of likely N-dealkylation sites (tertiary alicyclic amines) is 1. The molecule has 3 heteroatoms. The molecule has 1 fully saturated rings. The molecule has 0 bridgehead atoms. The zero-order chi connectivity index (χ0) is 13.5. The minimum absolute atomic E-state index is 0.562. The van der Waals surface area contributed by atoms with Crippen molar-refractivity contribution in [2.24, 2.45) is 5.92 Å². The molecule has 1 heterocycles. The lowest BCUT2D eigenvalue weighted by atomic mass is 9.98. The van der Waals surface area contributed by atoms with Gasteiger partial charge in [-0.05, 0) is 49.9 Å². The molecule has 0 unspecified atom stereocenters. The van der Waals surface area contributed by atoms with Crippen LogP contribution in [0.1, 0.15) is 25.3 Å². The first-order chi connectivity index (χ1) is 9.33. The Labute approximate surface area is 115 Å². The molecule has 1 aromatic carbocycles. The summed E-state index contributed by atoms with van der Waals surface area (Å²) >= 11 is 0. The minimum atomic E-state index is 0.562. The monoisotopic (exact) mass is 258 g/mol. The molecule has 19 heavy (non-hydrogen) atoms. The molecule has 0 saturated carbocycles. The van der Waals surface area contributed by atoms with E-state index < -0.39 is 0 Å². The maximum atomic E-state index is 8.68. The van der Waals surface area contributed by atoms with E-state index in [9.17, 15) is 0 Å². The molecule has 3 nitrogen and oxygen atoms in total. The first-order valence-corrected chi connectivity index (χ1v) is 7.13. The predicted molar refractivity (Wildman–Crippen MR) is 76.1 cm³/mol. The number of ether oxygens (including phenoxy) is 1. The fourth-order valence-corrected chi connectivity index (χ4v) is 2.56. The van der Waals surface area contributed by atoms with E-state index in [0.29, 0.717) is 12.5 Å². The van der Waals surface area contributed by atoms with Gasteiger partial charge in [0.15, 0.2) is 0 Å². The van der Waals surface area contributed by atoms with Crippen molar-refractivity contribution in [1.29, 1.82) is 5.26 Å². The average Bonchev–Trinajstić information content (AvgIpc) is 2.47. The zero-order valence-corrected chi connectivity index (χ0v) is 11.6. The second-order valence-electron chi connectivity index (χ2n) is 5.15. The van der Waals surface area contributed by atoms with Crippen molar-refractivity contribution >= 4 is 0 Å². The number of hydrogen-bond donors (Lipinski definition) is 0. The van der Waals surface area contributed by atoms with Crippen LogP contribution in [0.15, 0.2) is 24.3 Å². The molecular weight excluding hydrogens is 236 g/mol. The second kappa shape index (κ2) is 7.16. The van der Waals surface area contributed by atoms with Gasteiger partial charge in [0, 0.05) is 0 Å². The number of benzene rings is 1. The van der Waals surface area contributed by atoms with Gasteiger partial charge in [-0.3, -0.25) is 4.90 Å². The quantitative estimate of drug-likeness (QED) is 0.762. The lowest BCUT2D eigenvalue weighted by Gasteiger charge is -2.30. The smallest absolute Gasteiger partial charge is 0.122 e. The summed E-state index contributed by atoms with van der Waals surface area (Å²) in [5.74, 6) is 1.66. The van der Waals surface area contributed by atoms with Crippen LogP contribution in [0.4, 0.5) is 0 Å². The highest BCUT2D eigenvalue weighted by Gasteiger charge is 2.19. The van der Waals surface area contributed by atoms with Gasteiger partial charge in [-0.1, -0.05) is 25.1 Å². The Morgan fingerprint density at radius 1 is 1.32 bits per heavy atom. The molecule has 0 amide bonds. The lowest BCUT2D eigenvalue weighted by Crippen LogP contribution is -2.35. The van der Waals surface area contributed by atoms with Crippen LogP contribution in [0.3, 0.4) is 0 Å². The third kappa shape index (κ3) is 3.97. The Balaban J connectivity index is 1.79. The van der Waals surface area contributed by atoms with Crippen LogP contribution < -0.4 is 4.74 Å². The molecule has 0 spiro atoms. The van der Waals surface area contributed by atoms with Crippen LogP contribution in [-0.4, -0.2) is 31.1 Å². The normalized spacial score (nSPS) is 17.1. The van der Waals surface area contributed by atoms with Crippen LogP contribution >= 0.6 is 0 Å². The average molecular weight is 258 g/mol. The highest BCUT2D eigenvalue weighted by atomic mass is 16.5. The molecule has 0 atom stereocenters. The Morgan fingerprint density at radius 2 is 2.05 bits per heavy atom. The summed E-state index contributed by atoms with van der Waals surface area (Å²) in [7, 11) is 0. The summed E-state index contributed by atoms with van der Waals surface area (Å²) in [6.45, 7) is 5.57. The summed E-state index contributed by atoms with van der Waals surface area (Å²) in [5, 5.41) is 8.68. The first kappa shape index (κ1) is 13.9. The molecule has 1 aliphatic heterocycles. The van der Waals surface area contributed by atoms with Crippen molar-refractivity contribution in [3.63, 3.8) is 0 Å². The number of piperidine rings is 1. The molecule has 102 valence electrons. The van der Waals surface area contributed by atoms with Gasteiger partial charge >= 0.3 is 0 Å². The molecule has 2 rings (SSSR count). The van der Waals surface area contributed by atoms with Crippen molar-refractivity contribution in [2.45, 2.75) is 26.2 Å². The molecule has 1 saturated heterocycles. The summed E-state index contributed by atoms with van der Waals surface area (Å²) in [4.78, 5) is 2.22. The Kier molecular flexibility index (Phi) is 5.23. The number of aryl methyl sites for hydroxylation is 1. The fourth-order valence-electron chi connectivity index (χ4n) is 2.56. The van der Waals surface area contributed by atoms with Gasteiger partial charge in [0.25, 0.3) is 0 Å². The van der Waals surface area contributed by atoms with Gasteiger partial charge < -0.3 is 4.74 Å². The zero-order valence-electron chi connectivity index (χ0n) is 11.6. The Bertz CT molecular complexity index is 431. The standard InChI is InChI=1S/C16H22N2O/c1-2-15-5-3-4-6-16(15)19-13-14-7-10-18(11-8-14)12-9-17/h3-6,14H,2,7-8,10-13H2,1H3. The summed E-state index contributed by atoms with van der Waals surface area (Å²) in [6.07, 6.45) is 3.28. The van der Waals surface area contributed by atoms with Gasteiger partial charge in [0.2, 0.25) is 0 Å². The predicted octanol–water partition coefficient (Wildman–Crippen LogP) is 2.86. The van der Waals surface area contributed by atoms with Gasteiger partial charge in [0.1, 0.15) is 5.75 Å². The molecule has 1 aromatic rings. The second-order valence-corrected chi connectivity index (χ2v) is 5.15. The van der Waals surface area contributed by atoms with E-state index in [1.165, 1.54) is 5.56 Å². The van der Waals surface area contributed by atoms with Gasteiger partial charge in [-0.2, -0.15) is 5.26 Å². The summed E-state index contributed by atoms with van der Waals surface area (Å²) in [5.41, 5.74) is 1.28. The lowest BCUT2D eigenvalue weighted by molar-refractivity contribution is 0.151. The van der Waals surface area contributed by atoms with Crippen LogP contribution in [0.2, 0.25) is 0 Å². The van der Waals surface area contributed by atoms with Crippen LogP contribution in [0, 0.1) is 17.2 Å². The van der Waals surface area contributed by atoms with Crippen molar-refractivity contribution in [3.8, 4) is 11.8 Å². The summed E-state index contributed by atoms with van der Waals surface area (Å²) in [6, 6.07) is 10.5. The highest BCUT2D eigenvalue weighted by Crippen LogP contribution is 2.22. The molecule has 0 N–H and O–H groups in total. The van der Waals surface area contributed by atoms with E-state index in [0.717, 1.165) is 44.7 Å². The van der Waals surface area contributed by atoms with E-state index in [1.54, 1.807) is 0 Å². The van der Waals surface area contributed by atoms with E-state index in [1.807, 2.05) is 6.07 Å². The van der Waals surface area contributed by atoms with Gasteiger partial charge in [-0.15, -0.1) is 0 Å². The molecule has 0 aromatic heterocycles.